The first-order valence-corrected chi connectivity index (χ1v) is 9.76. The molecule has 1 aliphatic carbocycles. The van der Waals surface area contributed by atoms with Crippen molar-refractivity contribution < 1.29 is 13.9 Å². The second-order valence-electron chi connectivity index (χ2n) is 7.33. The van der Waals surface area contributed by atoms with Crippen LogP contribution in [-0.4, -0.2) is 38.8 Å². The van der Waals surface area contributed by atoms with Crippen molar-refractivity contribution in [2.45, 2.75) is 19.5 Å². The van der Waals surface area contributed by atoms with Gasteiger partial charge in [0.1, 0.15) is 24.1 Å². The summed E-state index contributed by atoms with van der Waals surface area (Å²) in [5, 5.41) is 12.3. The number of hydrogen-bond donors (Lipinski definition) is 1. The summed E-state index contributed by atoms with van der Waals surface area (Å²) < 4.78 is 20.3. The third-order valence-electron chi connectivity index (χ3n) is 5.36. The van der Waals surface area contributed by atoms with E-state index >= 15 is 0 Å². The topological polar surface area (TPSA) is 81.4 Å². The second kappa shape index (κ2) is 6.91. The number of aryl methyl sites for hydroxylation is 1. The molecule has 1 saturated carbocycles. The molecule has 152 valence electrons. The number of halogens is 2. The molecule has 4 aromatic rings. The number of nitrogens with zero attached hydrogens (tertiary/aromatic N) is 4. The molecule has 5 rings (SSSR count). The van der Waals surface area contributed by atoms with E-state index in [4.69, 9.17) is 16.3 Å². The SMILES string of the molecule is COc1ccc(C)c(-c2cc3cnc(NC(=O)[C@H]4C[C@H]4F)cc3n3cnnc23)c1Cl. The Labute approximate surface area is 175 Å². The molecule has 0 unspecified atom stereocenters. The standard InChI is InChI=1S/C21H17ClFN5O2/c1-10-3-4-16(30-2)19(22)18(10)13-5-11-8-24-17(26-21(29)12-6-14(12)23)7-15(11)28-9-25-27-20(13)28/h3-5,7-9,12,14H,6H2,1-2H3,(H,24,26,29)/t12-,14+/m0/s1. The Morgan fingerprint density at radius 2 is 2.17 bits per heavy atom. The van der Waals surface area contributed by atoms with E-state index in [1.54, 1.807) is 25.7 Å². The lowest BCUT2D eigenvalue weighted by atomic mass is 9.99. The first kappa shape index (κ1) is 18.7. The molecule has 0 radical (unpaired) electrons. The molecule has 2 atom stereocenters. The van der Waals surface area contributed by atoms with E-state index in [2.05, 4.69) is 20.5 Å². The number of carbonyl (C=O) groups excluding carboxylic acids is 1. The molecule has 9 heteroatoms. The third kappa shape index (κ3) is 2.95. The van der Waals surface area contributed by atoms with Crippen molar-refractivity contribution >= 4 is 39.9 Å². The van der Waals surface area contributed by atoms with Crippen molar-refractivity contribution in [2.24, 2.45) is 5.92 Å². The van der Waals surface area contributed by atoms with Gasteiger partial charge in [-0.15, -0.1) is 10.2 Å². The predicted molar refractivity (Wildman–Crippen MR) is 112 cm³/mol. The number of hydrogen-bond acceptors (Lipinski definition) is 5. The highest BCUT2D eigenvalue weighted by atomic mass is 35.5. The van der Waals surface area contributed by atoms with Crippen LogP contribution in [-0.2, 0) is 4.79 Å². The van der Waals surface area contributed by atoms with Gasteiger partial charge in [-0.25, -0.2) is 9.37 Å². The van der Waals surface area contributed by atoms with Gasteiger partial charge in [0.2, 0.25) is 5.91 Å². The van der Waals surface area contributed by atoms with E-state index < -0.39 is 12.1 Å². The van der Waals surface area contributed by atoms with Gasteiger partial charge in [-0.3, -0.25) is 9.20 Å². The molecule has 1 N–H and O–H groups in total. The minimum absolute atomic E-state index is 0.263. The highest BCUT2D eigenvalue weighted by Gasteiger charge is 2.43. The minimum atomic E-state index is -1.06. The van der Waals surface area contributed by atoms with E-state index in [-0.39, 0.29) is 12.3 Å². The van der Waals surface area contributed by atoms with Crippen LogP contribution >= 0.6 is 11.6 Å². The maximum absolute atomic E-state index is 13.2. The number of alkyl halides is 1. The van der Waals surface area contributed by atoms with Gasteiger partial charge >= 0.3 is 0 Å². The summed E-state index contributed by atoms with van der Waals surface area (Å²) in [4.78, 5) is 16.4. The molecule has 1 aromatic carbocycles. The summed E-state index contributed by atoms with van der Waals surface area (Å²) in [6.45, 7) is 1.96. The predicted octanol–water partition coefficient (Wildman–Crippen LogP) is 4.21. The molecule has 0 aliphatic heterocycles. The molecular weight excluding hydrogens is 409 g/mol. The fraction of sp³-hybridized carbons (Fsp3) is 0.238. The van der Waals surface area contributed by atoms with Crippen LogP contribution in [0.2, 0.25) is 5.02 Å². The molecule has 1 aliphatic rings. The largest absolute Gasteiger partial charge is 0.495 e. The number of fused-ring (bicyclic) bond motifs is 3. The van der Waals surface area contributed by atoms with Gasteiger partial charge in [-0.1, -0.05) is 17.7 Å². The fourth-order valence-corrected chi connectivity index (χ4v) is 4.03. The summed E-state index contributed by atoms with van der Waals surface area (Å²) in [7, 11) is 1.57. The van der Waals surface area contributed by atoms with Crippen LogP contribution in [0.3, 0.4) is 0 Å². The fourth-order valence-electron chi connectivity index (χ4n) is 3.64. The number of rotatable bonds is 4. The second-order valence-corrected chi connectivity index (χ2v) is 7.71. The minimum Gasteiger partial charge on any atom is -0.495 e. The van der Waals surface area contributed by atoms with Crippen molar-refractivity contribution in [2.75, 3.05) is 12.4 Å². The smallest absolute Gasteiger partial charge is 0.231 e. The Kier molecular flexibility index (Phi) is 4.32. The molecule has 1 amide bonds. The van der Waals surface area contributed by atoms with E-state index in [9.17, 15) is 9.18 Å². The Balaban J connectivity index is 1.66. The number of benzene rings is 1. The molecule has 0 bridgehead atoms. The van der Waals surface area contributed by atoms with Crippen molar-refractivity contribution in [1.29, 1.82) is 0 Å². The molecule has 3 aromatic heterocycles. The number of carbonyl (C=O) groups is 1. The van der Waals surface area contributed by atoms with Crippen LogP contribution in [0.4, 0.5) is 10.2 Å². The van der Waals surface area contributed by atoms with Crippen LogP contribution in [0.25, 0.3) is 27.7 Å². The highest BCUT2D eigenvalue weighted by molar-refractivity contribution is 6.35. The lowest BCUT2D eigenvalue weighted by molar-refractivity contribution is -0.117. The molecular formula is C21H17ClFN5O2. The van der Waals surface area contributed by atoms with Crippen molar-refractivity contribution in [3.63, 3.8) is 0 Å². The van der Waals surface area contributed by atoms with Crippen molar-refractivity contribution in [3.8, 4) is 16.9 Å². The zero-order valence-electron chi connectivity index (χ0n) is 16.2. The Morgan fingerprint density at radius 3 is 2.90 bits per heavy atom. The molecule has 3 heterocycles. The number of pyridine rings is 2. The van der Waals surface area contributed by atoms with Crippen molar-refractivity contribution in [3.05, 3.63) is 47.4 Å². The Morgan fingerprint density at radius 1 is 1.37 bits per heavy atom. The zero-order valence-corrected chi connectivity index (χ0v) is 16.9. The van der Waals surface area contributed by atoms with E-state index in [0.29, 0.717) is 22.2 Å². The monoisotopic (exact) mass is 425 g/mol. The lowest BCUT2D eigenvalue weighted by Gasteiger charge is -2.14. The van der Waals surface area contributed by atoms with Crippen LogP contribution < -0.4 is 10.1 Å². The van der Waals surface area contributed by atoms with Gasteiger partial charge in [0.05, 0.1) is 23.6 Å². The van der Waals surface area contributed by atoms with Gasteiger partial charge in [0, 0.05) is 28.8 Å². The molecule has 1 fully saturated rings. The maximum Gasteiger partial charge on any atom is 0.231 e. The maximum atomic E-state index is 13.2. The molecule has 30 heavy (non-hydrogen) atoms. The van der Waals surface area contributed by atoms with E-state index in [1.165, 1.54) is 0 Å². The number of ether oxygens (including phenoxy) is 1. The summed E-state index contributed by atoms with van der Waals surface area (Å²) in [6.07, 6.45) is 2.44. The van der Waals surface area contributed by atoms with Crippen LogP contribution in [0, 0.1) is 12.8 Å². The molecule has 7 nitrogen and oxygen atoms in total. The van der Waals surface area contributed by atoms with Gasteiger partial charge < -0.3 is 10.1 Å². The number of anilines is 1. The van der Waals surface area contributed by atoms with Crippen LogP contribution in [0.5, 0.6) is 5.75 Å². The van der Waals surface area contributed by atoms with Gasteiger partial charge in [0.25, 0.3) is 0 Å². The summed E-state index contributed by atoms with van der Waals surface area (Å²) in [5.41, 5.74) is 3.92. The molecule has 0 saturated heterocycles. The number of methoxy groups -OCH3 is 1. The van der Waals surface area contributed by atoms with Gasteiger partial charge in [-0.2, -0.15) is 0 Å². The Bertz CT molecular complexity index is 1320. The quantitative estimate of drug-likeness (QED) is 0.529. The average molecular weight is 426 g/mol. The number of aromatic nitrogens is 4. The zero-order chi connectivity index (χ0) is 21.0. The van der Waals surface area contributed by atoms with E-state index in [1.807, 2.05) is 29.5 Å². The molecule has 0 spiro atoms. The number of amides is 1. The van der Waals surface area contributed by atoms with Gasteiger partial charge in [-0.05, 0) is 31.0 Å². The third-order valence-corrected chi connectivity index (χ3v) is 5.74. The van der Waals surface area contributed by atoms with Crippen LogP contribution in [0.15, 0.2) is 36.8 Å². The first-order valence-electron chi connectivity index (χ1n) is 9.39. The average Bonchev–Trinajstić information content (AvgIpc) is 3.25. The first-order chi connectivity index (χ1) is 14.5. The normalized spacial score (nSPS) is 18.0. The van der Waals surface area contributed by atoms with E-state index in [0.717, 1.165) is 27.6 Å². The highest BCUT2D eigenvalue weighted by Crippen LogP contribution is 2.40. The lowest BCUT2D eigenvalue weighted by Crippen LogP contribution is -2.15. The summed E-state index contributed by atoms with van der Waals surface area (Å²) in [6, 6.07) is 7.42. The summed E-state index contributed by atoms with van der Waals surface area (Å²) in [5.74, 6) is -0.0230. The Hall–Kier alpha value is -3.26. The van der Waals surface area contributed by atoms with Crippen molar-refractivity contribution in [1.82, 2.24) is 19.6 Å². The number of nitrogens with one attached hydrogen (secondary N) is 1. The van der Waals surface area contributed by atoms with Crippen LogP contribution in [0.1, 0.15) is 12.0 Å². The summed E-state index contributed by atoms with van der Waals surface area (Å²) >= 11 is 6.62. The van der Waals surface area contributed by atoms with Gasteiger partial charge in [0.15, 0.2) is 5.65 Å².